The zero-order chi connectivity index (χ0) is 19.4. The lowest BCUT2D eigenvalue weighted by Crippen LogP contribution is -2.19. The van der Waals surface area contributed by atoms with Gasteiger partial charge in [0.15, 0.2) is 17.2 Å². The molecule has 0 aliphatic heterocycles. The van der Waals surface area contributed by atoms with Crippen LogP contribution >= 0.6 is 0 Å². The fourth-order valence-corrected chi connectivity index (χ4v) is 2.94. The van der Waals surface area contributed by atoms with Crippen LogP contribution in [0.1, 0.15) is 40.7 Å². The van der Waals surface area contributed by atoms with Crippen molar-refractivity contribution in [1.82, 2.24) is 15.6 Å². The maximum atomic E-state index is 12.3. The van der Waals surface area contributed by atoms with E-state index in [0.29, 0.717) is 22.8 Å². The third-order valence-corrected chi connectivity index (χ3v) is 4.13. The molecule has 0 unspecified atom stereocenters. The fraction of sp³-hybridized carbons (Fsp3) is 0.333. The number of hydrogen-bond donors (Lipinski definition) is 2. The molecular formula is C18H20N4O5. The lowest BCUT2D eigenvalue weighted by atomic mass is 10.2. The first-order chi connectivity index (χ1) is 13.0. The summed E-state index contributed by atoms with van der Waals surface area (Å²) in [5, 5.41) is 10.9. The van der Waals surface area contributed by atoms with Gasteiger partial charge in [0.1, 0.15) is 0 Å². The van der Waals surface area contributed by atoms with Crippen LogP contribution in [0.4, 0.5) is 0 Å². The second-order valence-corrected chi connectivity index (χ2v) is 5.93. The van der Waals surface area contributed by atoms with Crippen LogP contribution in [0.25, 0.3) is 0 Å². The number of aromatic amines is 1. The summed E-state index contributed by atoms with van der Waals surface area (Å²) in [4.78, 5) is 23.5. The highest BCUT2D eigenvalue weighted by Gasteiger charge is 2.22. The Hall–Kier alpha value is -3.36. The van der Waals surface area contributed by atoms with Gasteiger partial charge < -0.3 is 14.2 Å². The largest absolute Gasteiger partial charge is 0.493 e. The maximum absolute atomic E-state index is 12.3. The first kappa shape index (κ1) is 18.4. The first-order valence-electron chi connectivity index (χ1n) is 8.37. The number of aromatic nitrogens is 2. The smallest absolute Gasteiger partial charge is 0.308 e. The van der Waals surface area contributed by atoms with Gasteiger partial charge in [-0.3, -0.25) is 14.7 Å². The van der Waals surface area contributed by atoms with E-state index in [1.165, 1.54) is 27.4 Å². The quantitative estimate of drug-likeness (QED) is 0.344. The highest BCUT2D eigenvalue weighted by molar-refractivity contribution is 5.95. The highest BCUT2D eigenvalue weighted by atomic mass is 16.6. The first-order valence-corrected chi connectivity index (χ1v) is 8.37. The molecule has 0 fully saturated rings. The van der Waals surface area contributed by atoms with Crippen molar-refractivity contribution in [3.8, 4) is 17.2 Å². The summed E-state index contributed by atoms with van der Waals surface area (Å²) in [6, 6.07) is 3.23. The van der Waals surface area contributed by atoms with Crippen molar-refractivity contribution in [1.29, 1.82) is 0 Å². The summed E-state index contributed by atoms with van der Waals surface area (Å²) < 4.78 is 15.6. The molecule has 3 rings (SSSR count). The molecule has 1 amide bonds. The summed E-state index contributed by atoms with van der Waals surface area (Å²) in [6.07, 6.45) is 4.20. The number of rotatable bonds is 6. The molecule has 9 nitrogen and oxygen atoms in total. The molecule has 2 aromatic rings. The predicted molar refractivity (Wildman–Crippen MR) is 96.5 cm³/mol. The van der Waals surface area contributed by atoms with Crippen LogP contribution in [-0.2, 0) is 17.6 Å². The Bertz CT molecular complexity index is 878. The zero-order valence-corrected chi connectivity index (χ0v) is 15.3. The zero-order valence-electron chi connectivity index (χ0n) is 15.3. The maximum Gasteiger partial charge on any atom is 0.308 e. The standard InChI is InChI=1S/C18H20N4O5/c1-10(23)27-17-14(25-2)7-11(8-15(17)26-3)9-19-22-18(24)16-12-5-4-6-13(12)20-21-16/h7-9H,4-6H2,1-3H3,(H,20,21)(H,22,24)/b19-9+. The predicted octanol–water partition coefficient (Wildman–Crippen LogP) is 1.60. The van der Waals surface area contributed by atoms with E-state index in [1.807, 2.05) is 0 Å². The molecule has 27 heavy (non-hydrogen) atoms. The van der Waals surface area contributed by atoms with Gasteiger partial charge in [0.25, 0.3) is 5.91 Å². The van der Waals surface area contributed by atoms with Crippen molar-refractivity contribution >= 4 is 18.1 Å². The molecule has 0 saturated heterocycles. The molecule has 0 spiro atoms. The molecule has 1 aromatic heterocycles. The number of esters is 1. The summed E-state index contributed by atoms with van der Waals surface area (Å²) in [5.74, 6) is -0.0707. The number of fused-ring (bicyclic) bond motifs is 1. The van der Waals surface area contributed by atoms with E-state index in [0.717, 1.165) is 30.5 Å². The van der Waals surface area contributed by atoms with Crippen LogP contribution in [0.15, 0.2) is 17.2 Å². The number of carbonyl (C=O) groups excluding carboxylic acids is 2. The number of ether oxygens (including phenoxy) is 3. The normalized spacial score (nSPS) is 12.7. The van der Waals surface area contributed by atoms with Crippen LogP contribution in [0.5, 0.6) is 17.2 Å². The molecule has 1 aliphatic rings. The van der Waals surface area contributed by atoms with E-state index in [9.17, 15) is 9.59 Å². The van der Waals surface area contributed by atoms with E-state index in [1.54, 1.807) is 12.1 Å². The van der Waals surface area contributed by atoms with Gasteiger partial charge in [0.2, 0.25) is 5.75 Å². The number of H-pyrrole nitrogens is 1. The van der Waals surface area contributed by atoms with Crippen molar-refractivity contribution in [2.45, 2.75) is 26.2 Å². The second kappa shape index (κ2) is 7.90. The average Bonchev–Trinajstić information content (AvgIpc) is 3.25. The minimum Gasteiger partial charge on any atom is -0.493 e. The summed E-state index contributed by atoms with van der Waals surface area (Å²) >= 11 is 0. The molecule has 2 N–H and O–H groups in total. The van der Waals surface area contributed by atoms with Gasteiger partial charge in [0.05, 0.1) is 20.4 Å². The molecule has 0 bridgehead atoms. The Morgan fingerprint density at radius 3 is 2.56 bits per heavy atom. The van der Waals surface area contributed by atoms with Crippen molar-refractivity contribution in [2.24, 2.45) is 5.10 Å². The number of hydrogen-bond acceptors (Lipinski definition) is 7. The van der Waals surface area contributed by atoms with Gasteiger partial charge in [-0.15, -0.1) is 0 Å². The van der Waals surface area contributed by atoms with E-state index in [4.69, 9.17) is 14.2 Å². The van der Waals surface area contributed by atoms with Gasteiger partial charge in [0, 0.05) is 23.7 Å². The Balaban J connectivity index is 1.76. The Kier molecular flexibility index (Phi) is 5.39. The van der Waals surface area contributed by atoms with Gasteiger partial charge in [-0.25, -0.2) is 5.43 Å². The number of nitrogens with zero attached hydrogens (tertiary/aromatic N) is 2. The van der Waals surface area contributed by atoms with Crippen LogP contribution in [-0.4, -0.2) is 42.5 Å². The van der Waals surface area contributed by atoms with Crippen molar-refractivity contribution in [3.63, 3.8) is 0 Å². The van der Waals surface area contributed by atoms with E-state index < -0.39 is 5.97 Å². The number of hydrazone groups is 1. The SMILES string of the molecule is COc1cc(/C=N/NC(=O)c2n[nH]c3c2CCC3)cc(OC)c1OC(C)=O. The van der Waals surface area contributed by atoms with Gasteiger partial charge in [-0.1, -0.05) is 0 Å². The molecule has 0 atom stereocenters. The van der Waals surface area contributed by atoms with E-state index in [-0.39, 0.29) is 11.7 Å². The van der Waals surface area contributed by atoms with Crippen molar-refractivity contribution in [3.05, 3.63) is 34.6 Å². The van der Waals surface area contributed by atoms with Crippen LogP contribution in [0.3, 0.4) is 0 Å². The summed E-state index contributed by atoms with van der Waals surface area (Å²) in [7, 11) is 2.89. The average molecular weight is 372 g/mol. The highest BCUT2D eigenvalue weighted by Crippen LogP contribution is 2.38. The minimum atomic E-state index is -0.494. The topological polar surface area (TPSA) is 115 Å². The Morgan fingerprint density at radius 2 is 1.93 bits per heavy atom. The molecule has 1 heterocycles. The number of amides is 1. The van der Waals surface area contributed by atoms with Gasteiger partial charge in [-0.2, -0.15) is 10.2 Å². The Labute approximate surface area is 155 Å². The molecule has 9 heteroatoms. The van der Waals surface area contributed by atoms with Crippen molar-refractivity contribution < 1.29 is 23.8 Å². The molecule has 0 radical (unpaired) electrons. The van der Waals surface area contributed by atoms with Crippen LogP contribution < -0.4 is 19.6 Å². The fourth-order valence-electron chi connectivity index (χ4n) is 2.94. The van der Waals surface area contributed by atoms with Crippen LogP contribution in [0, 0.1) is 0 Å². The summed E-state index contributed by atoms with van der Waals surface area (Å²) in [6.45, 7) is 1.29. The van der Waals surface area contributed by atoms with Crippen molar-refractivity contribution in [2.75, 3.05) is 14.2 Å². The molecule has 1 aromatic carbocycles. The van der Waals surface area contributed by atoms with E-state index >= 15 is 0 Å². The number of benzene rings is 1. The number of aryl methyl sites for hydroxylation is 1. The summed E-state index contributed by atoms with van der Waals surface area (Å²) in [5.41, 5.74) is 5.40. The third-order valence-electron chi connectivity index (χ3n) is 4.13. The number of nitrogens with one attached hydrogen (secondary N) is 2. The second-order valence-electron chi connectivity index (χ2n) is 5.93. The molecular weight excluding hydrogens is 352 g/mol. The molecule has 0 saturated carbocycles. The Morgan fingerprint density at radius 1 is 1.22 bits per heavy atom. The monoisotopic (exact) mass is 372 g/mol. The van der Waals surface area contributed by atoms with Crippen LogP contribution in [0.2, 0.25) is 0 Å². The number of carbonyl (C=O) groups is 2. The van der Waals surface area contributed by atoms with Gasteiger partial charge in [-0.05, 0) is 31.4 Å². The molecule has 142 valence electrons. The lowest BCUT2D eigenvalue weighted by molar-refractivity contribution is -0.132. The lowest BCUT2D eigenvalue weighted by Gasteiger charge is -2.13. The number of methoxy groups -OCH3 is 2. The minimum absolute atomic E-state index is 0.181. The van der Waals surface area contributed by atoms with Gasteiger partial charge >= 0.3 is 5.97 Å². The molecule has 1 aliphatic carbocycles. The van der Waals surface area contributed by atoms with E-state index in [2.05, 4.69) is 20.7 Å². The third kappa shape index (κ3) is 3.91.